The van der Waals surface area contributed by atoms with Crippen molar-refractivity contribution in [3.63, 3.8) is 0 Å². The van der Waals surface area contributed by atoms with Gasteiger partial charge in [-0.15, -0.1) is 0 Å². The summed E-state index contributed by atoms with van der Waals surface area (Å²) in [6.45, 7) is 5.12. The molecule has 31 heavy (non-hydrogen) atoms. The molecular weight excluding hydrogens is 420 g/mol. The van der Waals surface area contributed by atoms with Gasteiger partial charge in [-0.2, -0.15) is 8.78 Å². The maximum Gasteiger partial charge on any atom is 0.310 e. The number of benzene rings is 2. The highest BCUT2D eigenvalue weighted by atomic mass is 32.1. The predicted molar refractivity (Wildman–Crippen MR) is 119 cm³/mol. The van der Waals surface area contributed by atoms with E-state index in [2.05, 4.69) is 0 Å². The highest BCUT2D eigenvalue weighted by Crippen LogP contribution is 2.61. The molecule has 2 aromatic rings. The van der Waals surface area contributed by atoms with Crippen molar-refractivity contribution >= 4 is 23.2 Å². The molecule has 0 spiro atoms. The van der Waals surface area contributed by atoms with Crippen LogP contribution in [-0.4, -0.2) is 11.0 Å². The second kappa shape index (κ2) is 9.14. The molecule has 2 N–H and O–H groups in total. The van der Waals surface area contributed by atoms with Crippen molar-refractivity contribution in [3.05, 3.63) is 71.8 Å². The van der Waals surface area contributed by atoms with Gasteiger partial charge in [0.05, 0.1) is 5.92 Å². The number of hydrogen-bond donors (Lipinski definition) is 1. The van der Waals surface area contributed by atoms with Crippen molar-refractivity contribution in [3.8, 4) is 11.5 Å². The van der Waals surface area contributed by atoms with E-state index in [1.165, 1.54) is 6.92 Å². The normalized spacial score (nSPS) is 19.8. The maximum atomic E-state index is 12.9. The Bertz CT molecular complexity index is 1000. The zero-order valence-electron chi connectivity index (χ0n) is 17.6. The van der Waals surface area contributed by atoms with E-state index in [0.29, 0.717) is 17.1 Å². The number of hydrogen-bond acceptors (Lipinski definition) is 4. The van der Waals surface area contributed by atoms with Crippen LogP contribution in [0.15, 0.2) is 66.3 Å². The third-order valence-corrected chi connectivity index (χ3v) is 6.00. The molecule has 1 aliphatic rings. The lowest BCUT2D eigenvalue weighted by Crippen LogP contribution is -2.26. The van der Waals surface area contributed by atoms with Gasteiger partial charge in [0.2, 0.25) is 0 Å². The molecule has 1 saturated carbocycles. The van der Waals surface area contributed by atoms with Gasteiger partial charge < -0.3 is 15.2 Å². The van der Waals surface area contributed by atoms with Crippen LogP contribution in [0.5, 0.6) is 11.5 Å². The third kappa shape index (κ3) is 5.28. The lowest BCUT2D eigenvalue weighted by atomic mass is 10.0. The summed E-state index contributed by atoms with van der Waals surface area (Å²) in [5.41, 5.74) is 6.00. The zero-order chi connectivity index (χ0) is 22.8. The van der Waals surface area contributed by atoms with Crippen molar-refractivity contribution in [1.29, 1.82) is 0 Å². The van der Waals surface area contributed by atoms with E-state index in [1.54, 1.807) is 24.3 Å². The first-order chi connectivity index (χ1) is 14.6. The highest BCUT2D eigenvalue weighted by molar-refractivity contribution is 7.80. The number of esters is 1. The van der Waals surface area contributed by atoms with Crippen molar-refractivity contribution in [2.75, 3.05) is 0 Å². The summed E-state index contributed by atoms with van der Waals surface area (Å²) in [5.74, 6) is -0.00249. The molecule has 0 saturated heterocycles. The predicted octanol–water partition coefficient (Wildman–Crippen LogP) is 6.18. The van der Waals surface area contributed by atoms with E-state index in [4.69, 9.17) is 27.4 Å². The standard InChI is InChI=1S/C24H25F2NO3S/c1-14(21(25)26)12-18-19(24(18,2)3)23(28)30-20(22(27)31)15-8-7-11-17(13-15)29-16-9-5-4-6-10-16/h4-11,13,18-20H,12H2,1-3H3,(H2,27,31). The first-order valence-corrected chi connectivity index (χ1v) is 10.4. The van der Waals surface area contributed by atoms with Crippen molar-refractivity contribution in [2.24, 2.45) is 23.0 Å². The molecule has 3 unspecified atom stereocenters. The summed E-state index contributed by atoms with van der Waals surface area (Å²) < 4.78 is 37.2. The molecule has 0 radical (unpaired) electrons. The molecule has 0 aliphatic heterocycles. The van der Waals surface area contributed by atoms with E-state index in [1.807, 2.05) is 44.2 Å². The lowest BCUT2D eigenvalue weighted by Gasteiger charge is -2.18. The Labute approximate surface area is 186 Å². The number of para-hydroxylation sites is 1. The maximum absolute atomic E-state index is 12.9. The highest BCUT2D eigenvalue weighted by Gasteiger charge is 2.62. The van der Waals surface area contributed by atoms with Gasteiger partial charge >= 0.3 is 5.97 Å². The molecule has 0 amide bonds. The number of carbonyl (C=O) groups is 1. The first-order valence-electron chi connectivity index (χ1n) is 9.94. The van der Waals surface area contributed by atoms with E-state index in [0.717, 1.165) is 0 Å². The van der Waals surface area contributed by atoms with Gasteiger partial charge in [0.25, 0.3) is 6.08 Å². The van der Waals surface area contributed by atoms with Gasteiger partial charge in [-0.1, -0.05) is 56.4 Å². The van der Waals surface area contributed by atoms with Crippen LogP contribution in [-0.2, 0) is 9.53 Å². The Hall–Kier alpha value is -2.80. The van der Waals surface area contributed by atoms with Crippen molar-refractivity contribution < 1.29 is 23.0 Å². The monoisotopic (exact) mass is 445 g/mol. The minimum absolute atomic E-state index is 0.00564. The van der Waals surface area contributed by atoms with Gasteiger partial charge in [0.1, 0.15) is 16.5 Å². The second-order valence-corrected chi connectivity index (χ2v) is 8.83. The summed E-state index contributed by atoms with van der Waals surface area (Å²) >= 11 is 5.14. The van der Waals surface area contributed by atoms with Crippen LogP contribution in [0.2, 0.25) is 0 Å². The average molecular weight is 446 g/mol. The van der Waals surface area contributed by atoms with Gasteiger partial charge in [-0.25, -0.2) is 0 Å². The summed E-state index contributed by atoms with van der Waals surface area (Å²) in [5, 5.41) is 0. The van der Waals surface area contributed by atoms with Crippen LogP contribution in [0.1, 0.15) is 38.9 Å². The molecule has 3 atom stereocenters. The first kappa shape index (κ1) is 22.9. The molecule has 7 heteroatoms. The molecule has 0 heterocycles. The van der Waals surface area contributed by atoms with Crippen LogP contribution in [0, 0.1) is 17.3 Å². The van der Waals surface area contributed by atoms with E-state index in [-0.39, 0.29) is 22.9 Å². The van der Waals surface area contributed by atoms with Crippen molar-refractivity contribution in [2.45, 2.75) is 33.3 Å². The molecule has 164 valence electrons. The fourth-order valence-corrected chi connectivity index (χ4v) is 4.03. The minimum atomic E-state index is -1.70. The Morgan fingerprint density at radius 3 is 2.39 bits per heavy atom. The van der Waals surface area contributed by atoms with Crippen molar-refractivity contribution in [1.82, 2.24) is 0 Å². The average Bonchev–Trinajstić information content (AvgIpc) is 3.26. The van der Waals surface area contributed by atoms with E-state index >= 15 is 0 Å². The smallest absolute Gasteiger partial charge is 0.310 e. The number of carbonyl (C=O) groups excluding carboxylic acids is 1. The van der Waals surface area contributed by atoms with Gasteiger partial charge in [0.15, 0.2) is 6.10 Å². The van der Waals surface area contributed by atoms with Crippen LogP contribution in [0.3, 0.4) is 0 Å². The summed E-state index contributed by atoms with van der Waals surface area (Å²) in [7, 11) is 0. The largest absolute Gasteiger partial charge is 0.457 e. The molecule has 3 rings (SSSR count). The molecule has 4 nitrogen and oxygen atoms in total. The second-order valence-electron chi connectivity index (χ2n) is 8.36. The van der Waals surface area contributed by atoms with E-state index in [9.17, 15) is 13.6 Å². The van der Waals surface area contributed by atoms with Crippen LogP contribution in [0.25, 0.3) is 0 Å². The fourth-order valence-electron chi connectivity index (χ4n) is 3.85. The molecular formula is C24H25F2NO3S. The number of allylic oxidation sites excluding steroid dienone is 1. The minimum Gasteiger partial charge on any atom is -0.457 e. The topological polar surface area (TPSA) is 61.5 Å². The molecule has 0 bridgehead atoms. The summed E-state index contributed by atoms with van der Waals surface area (Å²) in [6, 6.07) is 16.2. The molecule has 1 fully saturated rings. The van der Waals surface area contributed by atoms with Gasteiger partial charge in [0, 0.05) is 5.56 Å². The Balaban J connectivity index is 1.75. The van der Waals surface area contributed by atoms with Crippen LogP contribution in [0.4, 0.5) is 8.78 Å². The van der Waals surface area contributed by atoms with E-state index < -0.39 is 29.5 Å². The zero-order valence-corrected chi connectivity index (χ0v) is 18.4. The number of rotatable bonds is 8. The van der Waals surface area contributed by atoms with Gasteiger partial charge in [-0.05, 0) is 54.5 Å². The Morgan fingerprint density at radius 1 is 1.13 bits per heavy atom. The number of thiocarbonyl (C=S) groups is 1. The van der Waals surface area contributed by atoms with Gasteiger partial charge in [-0.3, -0.25) is 4.79 Å². The molecule has 2 aromatic carbocycles. The Morgan fingerprint density at radius 2 is 1.77 bits per heavy atom. The number of nitrogens with two attached hydrogens (primary N) is 1. The summed E-state index contributed by atoms with van der Waals surface area (Å²) in [6.07, 6.45) is -2.49. The quantitative estimate of drug-likeness (QED) is 0.388. The number of ether oxygens (including phenoxy) is 2. The van der Waals surface area contributed by atoms with Crippen LogP contribution >= 0.6 is 12.2 Å². The molecule has 0 aromatic heterocycles. The SMILES string of the molecule is CC(CC1C(C(=O)OC(C(N)=S)c2cccc(Oc3ccccc3)c2)C1(C)C)=C(F)F. The molecule has 1 aliphatic carbocycles. The fraction of sp³-hybridized carbons (Fsp3) is 0.333. The lowest BCUT2D eigenvalue weighted by molar-refractivity contribution is -0.149. The Kier molecular flexibility index (Phi) is 6.74. The summed E-state index contributed by atoms with van der Waals surface area (Å²) in [4.78, 5) is 12.9. The van der Waals surface area contributed by atoms with Crippen LogP contribution < -0.4 is 10.5 Å². The number of halogens is 2. The third-order valence-electron chi connectivity index (χ3n) is 5.79.